The highest BCUT2D eigenvalue weighted by molar-refractivity contribution is 7.92. The van der Waals surface area contributed by atoms with Crippen LogP contribution in [0.4, 0.5) is 0 Å². The number of nitrogens with zero attached hydrogens (tertiary/aromatic N) is 1. The predicted octanol–water partition coefficient (Wildman–Crippen LogP) is 1.98. The number of hydrogen-bond acceptors (Lipinski definition) is 5. The zero-order valence-electron chi connectivity index (χ0n) is 13.2. The van der Waals surface area contributed by atoms with Crippen molar-refractivity contribution < 1.29 is 17.7 Å². The largest absolute Gasteiger partial charge is 0.361 e. The summed E-state index contributed by atoms with van der Waals surface area (Å²) in [5, 5.41) is 5.39. The molecule has 1 heterocycles. The van der Waals surface area contributed by atoms with Gasteiger partial charge in [-0.25, -0.2) is 8.42 Å². The van der Waals surface area contributed by atoms with E-state index in [9.17, 15) is 13.2 Å². The summed E-state index contributed by atoms with van der Waals surface area (Å²) < 4.78 is 29.4. The number of carbonyl (C=O) groups excluding carboxylic acids is 1. The van der Waals surface area contributed by atoms with Crippen molar-refractivity contribution in [2.45, 2.75) is 57.0 Å². The maximum Gasteiger partial charge on any atom is 0.238 e. The van der Waals surface area contributed by atoms with Crippen molar-refractivity contribution in [3.8, 4) is 0 Å². The van der Waals surface area contributed by atoms with E-state index in [1.54, 1.807) is 13.0 Å². The van der Waals surface area contributed by atoms with Crippen LogP contribution in [0, 0.1) is 12.8 Å². The summed E-state index contributed by atoms with van der Waals surface area (Å²) in [5.74, 6) is 0.332. The van der Waals surface area contributed by atoms with Gasteiger partial charge in [-0.1, -0.05) is 24.4 Å². The minimum atomic E-state index is -3.59. The Hall–Kier alpha value is -1.37. The molecule has 1 fully saturated rings. The number of carbonyl (C=O) groups is 1. The summed E-state index contributed by atoms with van der Waals surface area (Å²) in [6.45, 7) is 3.70. The lowest BCUT2D eigenvalue weighted by Gasteiger charge is -2.22. The van der Waals surface area contributed by atoms with Crippen LogP contribution in [0.1, 0.15) is 50.5 Å². The standard InChI is InChI=1S/C15H24N2O4S/c1-11-8-14(17-21-11)10-22(19,20)12(2)15(18)16-9-13-6-4-3-5-7-13/h8,12-13H,3-7,9-10H2,1-2H3,(H,16,18)/t12-/m1/s1. The van der Waals surface area contributed by atoms with Crippen LogP contribution in [0.2, 0.25) is 0 Å². The Bertz CT molecular complexity index is 603. The molecule has 1 aromatic heterocycles. The first-order valence-electron chi connectivity index (χ1n) is 7.80. The molecule has 124 valence electrons. The van der Waals surface area contributed by atoms with Crippen LogP contribution < -0.4 is 5.32 Å². The Balaban J connectivity index is 1.87. The quantitative estimate of drug-likeness (QED) is 0.862. The van der Waals surface area contributed by atoms with Gasteiger partial charge in [-0.15, -0.1) is 0 Å². The van der Waals surface area contributed by atoms with Crippen LogP contribution in [-0.4, -0.2) is 31.3 Å². The minimum absolute atomic E-state index is 0.275. The lowest BCUT2D eigenvalue weighted by Crippen LogP contribution is -2.40. The summed E-state index contributed by atoms with van der Waals surface area (Å²) >= 11 is 0. The summed E-state index contributed by atoms with van der Waals surface area (Å²) in [4.78, 5) is 12.1. The smallest absolute Gasteiger partial charge is 0.238 e. The van der Waals surface area contributed by atoms with E-state index >= 15 is 0 Å². The van der Waals surface area contributed by atoms with Crippen LogP contribution in [0.3, 0.4) is 0 Å². The molecular weight excluding hydrogens is 304 g/mol. The second kappa shape index (κ2) is 7.26. The second-order valence-electron chi connectivity index (χ2n) is 6.13. The Morgan fingerprint density at radius 2 is 2.09 bits per heavy atom. The maximum absolute atomic E-state index is 12.3. The first-order valence-corrected chi connectivity index (χ1v) is 9.51. The SMILES string of the molecule is Cc1cc(CS(=O)(=O)[C@H](C)C(=O)NCC2CCCCC2)no1. The molecule has 0 spiro atoms. The summed E-state index contributed by atoms with van der Waals surface area (Å²) in [6.07, 6.45) is 5.87. The molecule has 1 saturated carbocycles. The van der Waals surface area contributed by atoms with E-state index in [-0.39, 0.29) is 5.75 Å². The van der Waals surface area contributed by atoms with E-state index in [0.29, 0.717) is 23.9 Å². The van der Waals surface area contributed by atoms with Crippen molar-refractivity contribution in [1.82, 2.24) is 10.5 Å². The van der Waals surface area contributed by atoms with Gasteiger partial charge in [-0.05, 0) is 32.6 Å². The Morgan fingerprint density at radius 1 is 1.41 bits per heavy atom. The average molecular weight is 328 g/mol. The number of rotatable bonds is 6. The van der Waals surface area contributed by atoms with Crippen LogP contribution in [0.15, 0.2) is 10.6 Å². The van der Waals surface area contributed by atoms with E-state index in [1.165, 1.54) is 26.2 Å². The number of hydrogen-bond donors (Lipinski definition) is 1. The number of nitrogens with one attached hydrogen (secondary N) is 1. The van der Waals surface area contributed by atoms with Gasteiger partial charge in [0.05, 0.1) is 11.4 Å². The first-order chi connectivity index (χ1) is 10.4. The van der Waals surface area contributed by atoms with Crippen LogP contribution in [0.5, 0.6) is 0 Å². The molecule has 1 aromatic rings. The molecule has 0 unspecified atom stereocenters. The van der Waals surface area contributed by atoms with Crippen molar-refractivity contribution >= 4 is 15.7 Å². The average Bonchev–Trinajstić information content (AvgIpc) is 2.89. The molecule has 6 nitrogen and oxygen atoms in total. The van der Waals surface area contributed by atoms with Gasteiger partial charge in [-0.2, -0.15) is 0 Å². The number of aryl methyl sites for hydroxylation is 1. The van der Waals surface area contributed by atoms with E-state index in [1.807, 2.05) is 0 Å². The highest BCUT2D eigenvalue weighted by atomic mass is 32.2. The highest BCUT2D eigenvalue weighted by Gasteiger charge is 2.29. The van der Waals surface area contributed by atoms with Crippen LogP contribution in [0.25, 0.3) is 0 Å². The van der Waals surface area contributed by atoms with E-state index in [0.717, 1.165) is 12.8 Å². The van der Waals surface area contributed by atoms with Crippen molar-refractivity contribution in [2.24, 2.45) is 5.92 Å². The molecule has 22 heavy (non-hydrogen) atoms. The number of sulfone groups is 1. The van der Waals surface area contributed by atoms with E-state index < -0.39 is 21.0 Å². The van der Waals surface area contributed by atoms with E-state index in [4.69, 9.17) is 4.52 Å². The summed E-state index contributed by atoms with van der Waals surface area (Å²) in [7, 11) is -3.59. The molecule has 0 aliphatic heterocycles. The van der Waals surface area contributed by atoms with Gasteiger partial charge >= 0.3 is 0 Å². The van der Waals surface area contributed by atoms with Crippen molar-refractivity contribution in [3.63, 3.8) is 0 Å². The van der Waals surface area contributed by atoms with Gasteiger partial charge in [-0.3, -0.25) is 4.79 Å². The topological polar surface area (TPSA) is 89.3 Å². The Morgan fingerprint density at radius 3 is 2.68 bits per heavy atom. The van der Waals surface area contributed by atoms with E-state index in [2.05, 4.69) is 10.5 Å². The van der Waals surface area contributed by atoms with Crippen LogP contribution >= 0.6 is 0 Å². The monoisotopic (exact) mass is 328 g/mol. The molecule has 1 atom stereocenters. The minimum Gasteiger partial charge on any atom is -0.361 e. The first kappa shape index (κ1) is 17.0. The molecule has 0 aromatic carbocycles. The number of aromatic nitrogens is 1. The molecule has 1 aliphatic carbocycles. The zero-order chi connectivity index (χ0) is 16.2. The number of amides is 1. The van der Waals surface area contributed by atoms with Gasteiger partial charge in [0.1, 0.15) is 11.0 Å². The highest BCUT2D eigenvalue weighted by Crippen LogP contribution is 2.22. The fourth-order valence-corrected chi connectivity index (χ4v) is 3.97. The Labute approximate surface area is 131 Å². The molecule has 7 heteroatoms. The van der Waals surface area contributed by atoms with Crippen molar-refractivity contribution in [2.75, 3.05) is 6.54 Å². The fraction of sp³-hybridized carbons (Fsp3) is 0.733. The molecule has 1 N–H and O–H groups in total. The normalized spacial score (nSPS) is 18.1. The molecule has 2 rings (SSSR count). The third-order valence-electron chi connectivity index (χ3n) is 4.22. The van der Waals surface area contributed by atoms with Crippen LogP contribution in [-0.2, 0) is 20.4 Å². The third kappa shape index (κ3) is 4.56. The lowest BCUT2D eigenvalue weighted by atomic mass is 9.89. The molecule has 1 aliphatic rings. The third-order valence-corrected chi connectivity index (χ3v) is 6.21. The van der Waals surface area contributed by atoms with Gasteiger partial charge in [0.2, 0.25) is 5.91 Å². The molecule has 0 radical (unpaired) electrons. The molecule has 0 saturated heterocycles. The molecule has 1 amide bonds. The second-order valence-corrected chi connectivity index (χ2v) is 8.45. The maximum atomic E-state index is 12.3. The van der Waals surface area contributed by atoms with Gasteiger partial charge in [0.15, 0.2) is 9.84 Å². The molecular formula is C15H24N2O4S. The zero-order valence-corrected chi connectivity index (χ0v) is 14.0. The van der Waals surface area contributed by atoms with Gasteiger partial charge in [0.25, 0.3) is 0 Å². The molecule has 0 bridgehead atoms. The summed E-state index contributed by atoms with van der Waals surface area (Å²) in [5.41, 5.74) is 0.337. The fourth-order valence-electron chi connectivity index (χ4n) is 2.76. The Kier molecular flexibility index (Phi) is 5.61. The van der Waals surface area contributed by atoms with Gasteiger partial charge in [0, 0.05) is 12.6 Å². The van der Waals surface area contributed by atoms with Gasteiger partial charge < -0.3 is 9.84 Å². The van der Waals surface area contributed by atoms with Crippen molar-refractivity contribution in [3.05, 3.63) is 17.5 Å². The predicted molar refractivity (Wildman–Crippen MR) is 82.9 cm³/mol. The van der Waals surface area contributed by atoms with Crippen molar-refractivity contribution in [1.29, 1.82) is 0 Å². The summed E-state index contributed by atoms with van der Waals surface area (Å²) in [6, 6.07) is 1.57. The lowest BCUT2D eigenvalue weighted by molar-refractivity contribution is -0.120.